The normalized spacial score (nSPS) is 18.1. The van der Waals surface area contributed by atoms with Crippen molar-refractivity contribution in [3.63, 3.8) is 0 Å². The zero-order chi connectivity index (χ0) is 20.3. The number of H-pyrrole nitrogens is 1. The first-order valence-electron chi connectivity index (χ1n) is 8.60. The Kier molecular flexibility index (Phi) is 5.93. The SMILES string of the molecule is CSCCOC(=O)C1C(C)=Nc2cc[nH]c(=O)c2C1c1cccc([N+](=O)[O-])c1. The summed E-state index contributed by atoms with van der Waals surface area (Å²) in [5.74, 6) is -1.41. The van der Waals surface area contributed by atoms with Crippen LogP contribution < -0.4 is 5.56 Å². The first-order valence-corrected chi connectivity index (χ1v) is 10.00. The van der Waals surface area contributed by atoms with Gasteiger partial charge >= 0.3 is 5.97 Å². The first kappa shape index (κ1) is 19.8. The largest absolute Gasteiger partial charge is 0.464 e. The Labute approximate surface area is 165 Å². The van der Waals surface area contributed by atoms with Crippen LogP contribution in [0.2, 0.25) is 0 Å². The first-order chi connectivity index (χ1) is 13.4. The van der Waals surface area contributed by atoms with Gasteiger partial charge in [0.15, 0.2) is 0 Å². The van der Waals surface area contributed by atoms with Crippen LogP contribution in [0.15, 0.2) is 46.3 Å². The number of aliphatic imine (C=N–C) groups is 1. The van der Waals surface area contributed by atoms with Crippen molar-refractivity contribution in [1.29, 1.82) is 0 Å². The number of fused-ring (bicyclic) bond motifs is 1. The monoisotopic (exact) mass is 401 g/mol. The average molecular weight is 401 g/mol. The second-order valence-corrected chi connectivity index (χ2v) is 7.31. The maximum Gasteiger partial charge on any atom is 0.315 e. The molecule has 1 aromatic heterocycles. The molecule has 0 radical (unpaired) electrons. The number of aromatic amines is 1. The van der Waals surface area contributed by atoms with Gasteiger partial charge in [-0.15, -0.1) is 0 Å². The van der Waals surface area contributed by atoms with Crippen LogP contribution in [0.1, 0.15) is 24.0 Å². The number of pyridine rings is 1. The topological polar surface area (TPSA) is 115 Å². The molecule has 8 nitrogen and oxygen atoms in total. The lowest BCUT2D eigenvalue weighted by Gasteiger charge is -2.30. The minimum atomic E-state index is -0.833. The van der Waals surface area contributed by atoms with Crippen molar-refractivity contribution in [2.45, 2.75) is 12.8 Å². The Morgan fingerprint density at radius 2 is 2.18 bits per heavy atom. The molecule has 0 saturated carbocycles. The maximum atomic E-state index is 12.8. The summed E-state index contributed by atoms with van der Waals surface area (Å²) in [5.41, 5.74) is 1.26. The Morgan fingerprint density at radius 3 is 2.89 bits per heavy atom. The molecule has 1 aliphatic heterocycles. The summed E-state index contributed by atoms with van der Waals surface area (Å²) in [6.07, 6.45) is 3.39. The third-order valence-corrected chi connectivity index (χ3v) is 5.17. The van der Waals surface area contributed by atoms with Crippen molar-refractivity contribution in [1.82, 2.24) is 4.98 Å². The van der Waals surface area contributed by atoms with Gasteiger partial charge in [-0.3, -0.25) is 24.7 Å². The third-order valence-electron chi connectivity index (χ3n) is 4.59. The molecule has 0 fully saturated rings. The molecular formula is C19H19N3O5S. The number of thioether (sulfide) groups is 1. The Balaban J connectivity index is 2.14. The van der Waals surface area contributed by atoms with E-state index >= 15 is 0 Å². The van der Waals surface area contributed by atoms with Gasteiger partial charge in [0.05, 0.1) is 16.2 Å². The van der Waals surface area contributed by atoms with Crippen LogP contribution in [0, 0.1) is 16.0 Å². The van der Waals surface area contributed by atoms with Gasteiger partial charge in [0.1, 0.15) is 12.5 Å². The summed E-state index contributed by atoms with van der Waals surface area (Å²) in [6, 6.07) is 7.63. The van der Waals surface area contributed by atoms with E-state index in [9.17, 15) is 19.7 Å². The number of ether oxygens (including phenoxy) is 1. The molecule has 146 valence electrons. The van der Waals surface area contributed by atoms with Gasteiger partial charge < -0.3 is 9.72 Å². The summed E-state index contributed by atoms with van der Waals surface area (Å²) >= 11 is 1.55. The Hall–Kier alpha value is -2.94. The highest BCUT2D eigenvalue weighted by molar-refractivity contribution is 7.98. The van der Waals surface area contributed by atoms with Crippen molar-refractivity contribution in [2.24, 2.45) is 10.9 Å². The molecular weight excluding hydrogens is 382 g/mol. The van der Waals surface area contributed by atoms with E-state index in [0.29, 0.717) is 28.3 Å². The van der Waals surface area contributed by atoms with Gasteiger partial charge in [-0.1, -0.05) is 12.1 Å². The molecule has 28 heavy (non-hydrogen) atoms. The second kappa shape index (κ2) is 8.39. The van der Waals surface area contributed by atoms with Crippen molar-refractivity contribution < 1.29 is 14.5 Å². The number of nitrogens with one attached hydrogen (secondary N) is 1. The van der Waals surface area contributed by atoms with Gasteiger partial charge in [0, 0.05) is 35.7 Å². The number of hydrogen-bond donors (Lipinski definition) is 1. The van der Waals surface area contributed by atoms with Gasteiger partial charge in [-0.25, -0.2) is 0 Å². The van der Waals surface area contributed by atoms with Crippen molar-refractivity contribution >= 4 is 34.8 Å². The van der Waals surface area contributed by atoms with E-state index in [1.165, 1.54) is 18.3 Å². The number of nitrogens with zero attached hydrogens (tertiary/aromatic N) is 2. The minimum absolute atomic E-state index is 0.110. The van der Waals surface area contributed by atoms with Crippen molar-refractivity contribution in [3.8, 4) is 0 Å². The predicted octanol–water partition coefficient (Wildman–Crippen LogP) is 3.04. The molecule has 2 atom stereocenters. The van der Waals surface area contributed by atoms with E-state index in [4.69, 9.17) is 4.74 Å². The lowest BCUT2D eigenvalue weighted by molar-refractivity contribution is -0.384. The zero-order valence-corrected chi connectivity index (χ0v) is 16.2. The Bertz CT molecular complexity index is 1000. The van der Waals surface area contributed by atoms with Crippen molar-refractivity contribution in [3.05, 3.63) is 68.1 Å². The average Bonchev–Trinajstić information content (AvgIpc) is 2.67. The summed E-state index contributed by atoms with van der Waals surface area (Å²) in [7, 11) is 0. The number of nitro benzene ring substituents is 1. The van der Waals surface area contributed by atoms with Crippen LogP contribution in [0.4, 0.5) is 11.4 Å². The standard InChI is InChI=1S/C19H19N3O5S/c1-11-15(19(24)27-8-9-28-2)16(12-4-3-5-13(10-12)22(25)26)17-14(21-11)6-7-20-18(17)23/h3-7,10,15-16H,8-9H2,1-2H3,(H,20,23). The van der Waals surface area contributed by atoms with Gasteiger partial charge in [0.2, 0.25) is 0 Å². The van der Waals surface area contributed by atoms with Gasteiger partial charge in [-0.2, -0.15) is 11.8 Å². The predicted molar refractivity (Wildman–Crippen MR) is 108 cm³/mol. The number of non-ortho nitro benzene ring substituents is 1. The van der Waals surface area contributed by atoms with Crippen LogP contribution in [0.5, 0.6) is 0 Å². The van der Waals surface area contributed by atoms with Crippen molar-refractivity contribution in [2.75, 3.05) is 18.6 Å². The quantitative estimate of drug-likeness (QED) is 0.344. The number of benzene rings is 1. The maximum absolute atomic E-state index is 12.8. The van der Waals surface area contributed by atoms with E-state index in [0.717, 1.165) is 0 Å². The molecule has 0 aliphatic carbocycles. The molecule has 2 unspecified atom stereocenters. The van der Waals surface area contributed by atoms with E-state index in [1.54, 1.807) is 36.9 Å². The summed E-state index contributed by atoms with van der Waals surface area (Å²) in [5, 5.41) is 11.2. The highest BCUT2D eigenvalue weighted by atomic mass is 32.2. The molecule has 0 bridgehead atoms. The van der Waals surface area contributed by atoms with Crippen LogP contribution in [0.25, 0.3) is 0 Å². The lowest BCUT2D eigenvalue weighted by Crippen LogP contribution is -2.36. The summed E-state index contributed by atoms with van der Waals surface area (Å²) < 4.78 is 5.39. The summed E-state index contributed by atoms with van der Waals surface area (Å²) in [6.45, 7) is 1.94. The molecule has 2 heterocycles. The van der Waals surface area contributed by atoms with Crippen LogP contribution in [-0.4, -0.2) is 40.2 Å². The van der Waals surface area contributed by atoms with E-state index in [-0.39, 0.29) is 17.9 Å². The molecule has 1 aromatic carbocycles. The number of carbonyl (C=O) groups is 1. The minimum Gasteiger partial charge on any atom is -0.464 e. The van der Waals surface area contributed by atoms with Gasteiger partial charge in [0.25, 0.3) is 11.2 Å². The fourth-order valence-electron chi connectivity index (χ4n) is 3.36. The van der Waals surface area contributed by atoms with Crippen LogP contribution in [0.3, 0.4) is 0 Å². The number of aromatic nitrogens is 1. The zero-order valence-electron chi connectivity index (χ0n) is 15.4. The number of esters is 1. The fraction of sp³-hybridized carbons (Fsp3) is 0.316. The fourth-order valence-corrected chi connectivity index (χ4v) is 3.61. The smallest absolute Gasteiger partial charge is 0.315 e. The molecule has 1 N–H and O–H groups in total. The number of rotatable bonds is 6. The van der Waals surface area contributed by atoms with Crippen LogP contribution >= 0.6 is 11.8 Å². The number of nitro groups is 1. The Morgan fingerprint density at radius 1 is 1.39 bits per heavy atom. The highest BCUT2D eigenvalue weighted by Gasteiger charge is 2.40. The van der Waals surface area contributed by atoms with Crippen LogP contribution in [-0.2, 0) is 9.53 Å². The molecule has 9 heteroatoms. The molecule has 3 rings (SSSR count). The molecule has 0 spiro atoms. The molecule has 0 saturated heterocycles. The van der Waals surface area contributed by atoms with E-state index in [2.05, 4.69) is 9.98 Å². The number of carbonyl (C=O) groups excluding carboxylic acids is 1. The second-order valence-electron chi connectivity index (χ2n) is 6.33. The number of hydrogen-bond acceptors (Lipinski definition) is 7. The molecule has 0 amide bonds. The molecule has 1 aliphatic rings. The van der Waals surface area contributed by atoms with Gasteiger partial charge in [-0.05, 0) is 24.8 Å². The van der Waals surface area contributed by atoms with E-state index in [1.807, 2.05) is 6.26 Å². The lowest BCUT2D eigenvalue weighted by atomic mass is 9.76. The third kappa shape index (κ3) is 3.84. The molecule has 2 aromatic rings. The van der Waals surface area contributed by atoms with E-state index < -0.39 is 22.7 Å². The highest BCUT2D eigenvalue weighted by Crippen LogP contribution is 2.41. The summed E-state index contributed by atoms with van der Waals surface area (Å²) in [4.78, 5) is 43.2.